The normalized spacial score (nSPS) is 28.9. The molecule has 0 aromatic heterocycles. The lowest BCUT2D eigenvalue weighted by atomic mass is 9.85. The summed E-state index contributed by atoms with van der Waals surface area (Å²) in [5.74, 6) is 0.149. The summed E-state index contributed by atoms with van der Waals surface area (Å²) in [4.78, 5) is 0. The van der Waals surface area contributed by atoms with Crippen LogP contribution in [0.3, 0.4) is 0 Å². The Morgan fingerprint density at radius 3 is 2.25 bits per heavy atom. The molecule has 1 unspecified atom stereocenters. The summed E-state index contributed by atoms with van der Waals surface area (Å²) in [5.41, 5.74) is 5.45. The fourth-order valence-corrected chi connectivity index (χ4v) is 3.90. The van der Waals surface area contributed by atoms with Gasteiger partial charge in [0.05, 0.1) is 6.61 Å². The van der Waals surface area contributed by atoms with Gasteiger partial charge >= 0.3 is 0 Å². The van der Waals surface area contributed by atoms with Gasteiger partial charge in [0.1, 0.15) is 30.5 Å². The van der Waals surface area contributed by atoms with Crippen LogP contribution in [0.4, 0.5) is 0 Å². The van der Waals surface area contributed by atoms with Crippen molar-refractivity contribution in [1.29, 1.82) is 0 Å². The highest BCUT2D eigenvalue weighted by Crippen LogP contribution is 2.35. The van der Waals surface area contributed by atoms with Crippen molar-refractivity contribution >= 4 is 0 Å². The monoisotopic (exact) mass is 386 g/mol. The predicted molar refractivity (Wildman–Crippen MR) is 107 cm³/mol. The van der Waals surface area contributed by atoms with Gasteiger partial charge in [-0.1, -0.05) is 56.3 Å². The molecule has 5 nitrogen and oxygen atoms in total. The van der Waals surface area contributed by atoms with E-state index in [2.05, 4.69) is 38.1 Å². The van der Waals surface area contributed by atoms with Crippen LogP contribution in [0.25, 0.3) is 0 Å². The largest absolute Gasteiger partial charge is 0.394 e. The summed E-state index contributed by atoms with van der Waals surface area (Å²) in [5, 5.41) is 40.0. The van der Waals surface area contributed by atoms with Crippen molar-refractivity contribution in [2.24, 2.45) is 0 Å². The lowest BCUT2D eigenvalue weighted by molar-refractivity contribution is -0.231. The van der Waals surface area contributed by atoms with E-state index in [4.69, 9.17) is 4.74 Å². The van der Waals surface area contributed by atoms with Crippen molar-refractivity contribution < 1.29 is 25.2 Å². The Kier molecular flexibility index (Phi) is 6.53. The summed E-state index contributed by atoms with van der Waals surface area (Å²) in [7, 11) is 0. The minimum absolute atomic E-state index is 0.149. The molecule has 1 aliphatic rings. The van der Waals surface area contributed by atoms with E-state index in [1.807, 2.05) is 25.1 Å². The quantitative estimate of drug-likeness (QED) is 0.633. The molecule has 28 heavy (non-hydrogen) atoms. The van der Waals surface area contributed by atoms with Gasteiger partial charge < -0.3 is 25.2 Å². The molecule has 1 saturated heterocycles. The molecule has 2 aromatic rings. The van der Waals surface area contributed by atoms with Gasteiger partial charge in [0.2, 0.25) is 0 Å². The number of aliphatic hydroxyl groups is 4. The van der Waals surface area contributed by atoms with Crippen LogP contribution in [0.15, 0.2) is 42.5 Å². The summed E-state index contributed by atoms with van der Waals surface area (Å²) in [6.07, 6.45) is -4.72. The number of benzene rings is 2. The smallest absolute Gasteiger partial charge is 0.113 e. The highest BCUT2D eigenvalue weighted by atomic mass is 16.5. The lowest BCUT2D eigenvalue weighted by Crippen LogP contribution is -2.55. The third-order valence-electron chi connectivity index (χ3n) is 5.88. The minimum atomic E-state index is -1.38. The molecule has 6 atom stereocenters. The molecule has 5 heteroatoms. The highest BCUT2D eigenvalue weighted by Gasteiger charge is 2.44. The zero-order valence-electron chi connectivity index (χ0n) is 16.6. The molecule has 1 fully saturated rings. The first-order chi connectivity index (χ1) is 13.4. The fourth-order valence-electron chi connectivity index (χ4n) is 3.90. The van der Waals surface area contributed by atoms with Gasteiger partial charge in [-0.05, 0) is 41.2 Å². The molecule has 3 rings (SSSR count). The lowest BCUT2D eigenvalue weighted by Gasteiger charge is -2.40. The van der Waals surface area contributed by atoms with Gasteiger partial charge in [-0.25, -0.2) is 0 Å². The topological polar surface area (TPSA) is 90.2 Å². The molecule has 4 N–H and O–H groups in total. The van der Waals surface area contributed by atoms with Gasteiger partial charge in [-0.3, -0.25) is 0 Å². The van der Waals surface area contributed by atoms with Crippen molar-refractivity contribution in [2.45, 2.75) is 63.6 Å². The summed E-state index contributed by atoms with van der Waals surface area (Å²) in [6.45, 7) is 5.89. The van der Waals surface area contributed by atoms with E-state index in [0.29, 0.717) is 0 Å². The third kappa shape index (κ3) is 4.00. The summed E-state index contributed by atoms with van der Waals surface area (Å²) >= 11 is 0. The van der Waals surface area contributed by atoms with E-state index in [9.17, 15) is 20.4 Å². The number of hydrogen-bond acceptors (Lipinski definition) is 5. The molecule has 2 aromatic carbocycles. The van der Waals surface area contributed by atoms with E-state index in [1.165, 1.54) is 11.1 Å². The van der Waals surface area contributed by atoms with E-state index in [1.54, 1.807) is 0 Å². The molecular formula is C23H30O5. The van der Waals surface area contributed by atoms with Crippen molar-refractivity contribution in [2.75, 3.05) is 6.61 Å². The average molecular weight is 386 g/mol. The van der Waals surface area contributed by atoms with Gasteiger partial charge in [-0.2, -0.15) is 0 Å². The third-order valence-corrected chi connectivity index (χ3v) is 5.88. The second-order valence-corrected chi connectivity index (χ2v) is 7.68. The van der Waals surface area contributed by atoms with Crippen LogP contribution >= 0.6 is 0 Å². The molecule has 1 aliphatic heterocycles. The van der Waals surface area contributed by atoms with Crippen LogP contribution in [0.5, 0.6) is 0 Å². The molecule has 0 amide bonds. The predicted octanol–water partition coefficient (Wildman–Crippen LogP) is 2.22. The standard InChI is InChI=1S/C23H30O5/c1-4-15-6-9-16(10-7-15)14(3)18-11-17(8-5-13(18)2)23-22(27)21(26)20(25)19(12-24)28-23/h5-11,14,19-27H,4,12H2,1-3H3/t14?,19-,20-,21+,22-,23+/m1/s1. The first-order valence-electron chi connectivity index (χ1n) is 9.87. The molecule has 0 saturated carbocycles. The maximum absolute atomic E-state index is 10.4. The van der Waals surface area contributed by atoms with Gasteiger partial charge in [-0.15, -0.1) is 0 Å². The first kappa shape index (κ1) is 21.0. The second-order valence-electron chi connectivity index (χ2n) is 7.68. The number of ether oxygens (including phenoxy) is 1. The van der Waals surface area contributed by atoms with Crippen LogP contribution in [0, 0.1) is 6.92 Å². The van der Waals surface area contributed by atoms with Crippen LogP contribution in [-0.4, -0.2) is 51.4 Å². The second kappa shape index (κ2) is 8.72. The van der Waals surface area contributed by atoms with Crippen molar-refractivity contribution in [1.82, 2.24) is 0 Å². The highest BCUT2D eigenvalue weighted by molar-refractivity contribution is 5.41. The molecule has 0 radical (unpaired) electrons. The zero-order valence-corrected chi connectivity index (χ0v) is 16.6. The molecular weight excluding hydrogens is 356 g/mol. The maximum atomic E-state index is 10.4. The van der Waals surface area contributed by atoms with Crippen molar-refractivity contribution in [3.05, 3.63) is 70.3 Å². The number of aryl methyl sites for hydroxylation is 2. The zero-order chi connectivity index (χ0) is 20.4. The van der Waals surface area contributed by atoms with Gasteiger partial charge in [0, 0.05) is 5.92 Å². The Morgan fingerprint density at radius 2 is 1.64 bits per heavy atom. The van der Waals surface area contributed by atoms with Gasteiger partial charge in [0.15, 0.2) is 0 Å². The molecule has 0 spiro atoms. The fraction of sp³-hybridized carbons (Fsp3) is 0.478. The minimum Gasteiger partial charge on any atom is -0.394 e. The van der Waals surface area contributed by atoms with Crippen LogP contribution in [-0.2, 0) is 11.2 Å². The number of hydrogen-bond donors (Lipinski definition) is 4. The molecule has 0 bridgehead atoms. The van der Waals surface area contributed by atoms with Crippen molar-refractivity contribution in [3.8, 4) is 0 Å². The summed E-state index contributed by atoms with van der Waals surface area (Å²) < 4.78 is 5.72. The van der Waals surface area contributed by atoms with Crippen molar-refractivity contribution in [3.63, 3.8) is 0 Å². The van der Waals surface area contributed by atoms with E-state index < -0.39 is 37.1 Å². The van der Waals surface area contributed by atoms with E-state index in [-0.39, 0.29) is 5.92 Å². The Labute approximate surface area is 166 Å². The average Bonchev–Trinajstić information content (AvgIpc) is 2.72. The first-order valence-corrected chi connectivity index (χ1v) is 9.87. The van der Waals surface area contributed by atoms with Crippen LogP contribution in [0.2, 0.25) is 0 Å². The SMILES string of the molecule is CCc1ccc(C(C)c2cc([C@@H]3O[C@H](CO)[C@@H](O)[C@H](O)[C@H]3O)ccc2C)cc1. The summed E-state index contributed by atoms with van der Waals surface area (Å²) in [6, 6.07) is 14.4. The van der Waals surface area contributed by atoms with Crippen LogP contribution in [0.1, 0.15) is 53.7 Å². The number of aliphatic hydroxyl groups excluding tert-OH is 4. The Morgan fingerprint density at radius 1 is 0.964 bits per heavy atom. The maximum Gasteiger partial charge on any atom is 0.113 e. The van der Waals surface area contributed by atoms with E-state index >= 15 is 0 Å². The van der Waals surface area contributed by atoms with Crippen LogP contribution < -0.4 is 0 Å². The Hall–Kier alpha value is -1.76. The van der Waals surface area contributed by atoms with Gasteiger partial charge in [0.25, 0.3) is 0 Å². The Balaban J connectivity index is 1.92. The molecule has 152 valence electrons. The molecule has 1 heterocycles. The Bertz CT molecular complexity index is 786. The van der Waals surface area contributed by atoms with E-state index in [0.717, 1.165) is 23.1 Å². The number of rotatable bonds is 5. The molecule has 0 aliphatic carbocycles.